The van der Waals surface area contributed by atoms with Crippen molar-refractivity contribution in [2.45, 2.75) is 335 Å². The normalized spacial score (nSPS) is 13.9. The molecule has 0 bridgehead atoms. The van der Waals surface area contributed by atoms with E-state index in [0.29, 0.717) is 17.4 Å². The lowest BCUT2D eigenvalue weighted by molar-refractivity contribution is -0.870. The Hall–Kier alpha value is -2.03. The second-order valence-electron chi connectivity index (χ2n) is 24.0. The summed E-state index contributed by atoms with van der Waals surface area (Å²) in [5.41, 5.74) is 0. The Morgan fingerprint density at radius 3 is 1.19 bits per heavy atom. The monoisotopic (exact) mass is 1120 g/mol. The predicted molar refractivity (Wildman–Crippen MR) is 335 cm³/mol. The van der Waals surface area contributed by atoms with Gasteiger partial charge in [0.15, 0.2) is 0 Å². The highest BCUT2D eigenvalue weighted by Crippen LogP contribution is 2.38. The van der Waals surface area contributed by atoms with Crippen LogP contribution in [0.2, 0.25) is 0 Å². The van der Waals surface area contributed by atoms with Gasteiger partial charge in [-0.25, -0.2) is 0 Å². The molecule has 0 saturated carbocycles. The van der Waals surface area contributed by atoms with Crippen LogP contribution in [0.3, 0.4) is 0 Å². The Labute approximate surface area is 484 Å². The number of esters is 1. The molecule has 9 nitrogen and oxygen atoms in total. The second-order valence-corrected chi connectivity index (χ2v) is 25.4. The maximum atomic E-state index is 13.6. The number of hydrogen-bond donors (Lipinski definition) is 1. The topological polar surface area (TPSA) is 114 Å². The highest BCUT2D eigenvalue weighted by atomic mass is 31.2. The summed E-state index contributed by atoms with van der Waals surface area (Å²) >= 11 is 0. The summed E-state index contributed by atoms with van der Waals surface area (Å²) in [4.78, 5) is 40.1. The van der Waals surface area contributed by atoms with E-state index in [9.17, 15) is 19.0 Å². The van der Waals surface area contributed by atoms with E-state index in [1.54, 1.807) is 0 Å². The number of nitrogens with zero attached hydrogens (tertiary/aromatic N) is 1. The van der Waals surface area contributed by atoms with Crippen molar-refractivity contribution in [3.05, 3.63) is 48.6 Å². The number of likely N-dealkylation sites (N-methyl/N-ethyl adjacent to an activating group) is 1. The van der Waals surface area contributed by atoms with Crippen LogP contribution in [-0.2, 0) is 27.9 Å². The number of phosphoric ester groups is 1. The summed E-state index contributed by atoms with van der Waals surface area (Å²) in [5, 5.41) is 3.04. The number of quaternary nitrogens is 1. The summed E-state index contributed by atoms with van der Waals surface area (Å²) in [7, 11) is 1.19. The van der Waals surface area contributed by atoms with Gasteiger partial charge in [-0.2, -0.15) is 0 Å². The van der Waals surface area contributed by atoms with Gasteiger partial charge in [-0.05, 0) is 70.3 Å². The summed E-state index contributed by atoms with van der Waals surface area (Å²) in [6.45, 7) is 6.86. The van der Waals surface area contributed by atoms with Gasteiger partial charge in [0.25, 0.3) is 7.82 Å². The van der Waals surface area contributed by atoms with Crippen LogP contribution >= 0.6 is 7.82 Å². The van der Waals surface area contributed by atoms with E-state index in [-0.39, 0.29) is 31.5 Å². The third kappa shape index (κ3) is 58.6. The highest BCUT2D eigenvalue weighted by Gasteiger charge is 2.27. The van der Waals surface area contributed by atoms with Crippen molar-refractivity contribution in [1.82, 2.24) is 5.32 Å². The van der Waals surface area contributed by atoms with Gasteiger partial charge in [0.05, 0.1) is 33.8 Å². The first-order valence-electron chi connectivity index (χ1n) is 33.4. The second kappa shape index (κ2) is 58.2. The van der Waals surface area contributed by atoms with E-state index in [1.807, 2.05) is 33.3 Å². The maximum Gasteiger partial charge on any atom is 0.306 e. The molecular weight excluding hydrogens is 988 g/mol. The molecule has 1 N–H and O–H groups in total. The summed E-state index contributed by atoms with van der Waals surface area (Å²) in [5.74, 6) is -0.531. The molecule has 458 valence electrons. The zero-order valence-electron chi connectivity index (χ0n) is 52.4. The van der Waals surface area contributed by atoms with E-state index >= 15 is 0 Å². The minimum Gasteiger partial charge on any atom is -0.756 e. The van der Waals surface area contributed by atoms with Crippen LogP contribution in [-0.4, -0.2) is 69.4 Å². The molecule has 0 aliphatic carbocycles. The molecule has 0 aliphatic heterocycles. The number of carbonyl (C=O) groups excluding carboxylic acids is 2. The number of allylic oxidation sites excluding steroid dienone is 7. The van der Waals surface area contributed by atoms with Crippen LogP contribution in [0.15, 0.2) is 48.6 Å². The Balaban J connectivity index is 5.16. The molecule has 3 atom stereocenters. The quantitative estimate of drug-likeness (QED) is 0.0212. The molecule has 0 fully saturated rings. The lowest BCUT2D eigenvalue weighted by Gasteiger charge is -2.30. The first kappa shape index (κ1) is 76.0. The van der Waals surface area contributed by atoms with Crippen LogP contribution in [0.4, 0.5) is 0 Å². The third-order valence-corrected chi connectivity index (χ3v) is 16.0. The molecule has 0 spiro atoms. The van der Waals surface area contributed by atoms with Crippen molar-refractivity contribution < 1.29 is 37.3 Å². The van der Waals surface area contributed by atoms with Gasteiger partial charge in [0.1, 0.15) is 19.3 Å². The molecule has 3 unspecified atom stereocenters. The van der Waals surface area contributed by atoms with E-state index < -0.39 is 20.0 Å². The SMILES string of the molecule is CCCCC/C=C\C/C=C\C/C=C\CCCCCCCCCCCCC(=O)OC(/C=C/CCCCCCCCCCCCC)C(COP(=O)([O-])OCC[N+](C)(C)C)NC(=O)CCCCCCCCCCCCCCCCCC. The zero-order chi connectivity index (χ0) is 57.2. The van der Waals surface area contributed by atoms with Gasteiger partial charge in [0, 0.05) is 12.8 Å². The fourth-order valence-electron chi connectivity index (χ4n) is 9.83. The van der Waals surface area contributed by atoms with Crippen LogP contribution in [0.1, 0.15) is 323 Å². The number of amides is 1. The summed E-state index contributed by atoms with van der Waals surface area (Å²) in [6, 6.07) is -0.887. The largest absolute Gasteiger partial charge is 0.756 e. The first-order chi connectivity index (χ1) is 37.9. The molecule has 0 saturated heterocycles. The van der Waals surface area contributed by atoms with Gasteiger partial charge in [-0.15, -0.1) is 0 Å². The fourth-order valence-corrected chi connectivity index (χ4v) is 10.5. The molecule has 10 heteroatoms. The minimum atomic E-state index is -4.70. The van der Waals surface area contributed by atoms with Crippen LogP contribution < -0.4 is 10.2 Å². The van der Waals surface area contributed by atoms with Crippen molar-refractivity contribution in [3.63, 3.8) is 0 Å². The molecule has 0 aromatic heterocycles. The fraction of sp³-hybridized carbons (Fsp3) is 0.853. The van der Waals surface area contributed by atoms with Crippen LogP contribution in [0, 0.1) is 0 Å². The van der Waals surface area contributed by atoms with Gasteiger partial charge >= 0.3 is 5.97 Å². The lowest BCUT2D eigenvalue weighted by atomic mass is 10.0. The average Bonchev–Trinajstić information content (AvgIpc) is 3.40. The van der Waals surface area contributed by atoms with E-state index in [0.717, 1.165) is 70.6 Å². The third-order valence-electron chi connectivity index (χ3n) is 15.0. The number of rotatable bonds is 61. The maximum absolute atomic E-state index is 13.6. The number of nitrogens with one attached hydrogen (secondary N) is 1. The Morgan fingerprint density at radius 2 is 0.782 bits per heavy atom. The van der Waals surface area contributed by atoms with E-state index in [2.05, 4.69) is 62.5 Å². The lowest BCUT2D eigenvalue weighted by Crippen LogP contribution is -2.47. The average molecular weight is 1120 g/mol. The van der Waals surface area contributed by atoms with Crippen molar-refractivity contribution in [3.8, 4) is 0 Å². The molecule has 0 aromatic carbocycles. The highest BCUT2D eigenvalue weighted by molar-refractivity contribution is 7.45. The predicted octanol–water partition coefficient (Wildman–Crippen LogP) is 20.2. The van der Waals surface area contributed by atoms with Crippen molar-refractivity contribution in [1.29, 1.82) is 0 Å². The molecule has 0 aromatic rings. The zero-order valence-corrected chi connectivity index (χ0v) is 53.3. The summed E-state index contributed by atoms with van der Waals surface area (Å²) < 4.78 is 30.4. The molecule has 0 rings (SSSR count). The van der Waals surface area contributed by atoms with Crippen LogP contribution in [0.25, 0.3) is 0 Å². The number of carbonyl (C=O) groups is 2. The Morgan fingerprint density at radius 1 is 0.449 bits per heavy atom. The summed E-state index contributed by atoms with van der Waals surface area (Å²) in [6.07, 6.45) is 72.1. The van der Waals surface area contributed by atoms with Crippen molar-refractivity contribution in [2.75, 3.05) is 40.9 Å². The molecular formula is C68H129N2O7P. The van der Waals surface area contributed by atoms with E-state index in [1.165, 1.54) is 218 Å². The van der Waals surface area contributed by atoms with Crippen molar-refractivity contribution >= 4 is 19.7 Å². The number of phosphoric acid groups is 1. The number of hydrogen-bond acceptors (Lipinski definition) is 7. The van der Waals surface area contributed by atoms with Gasteiger partial charge < -0.3 is 28.5 Å². The standard InChI is InChI=1S/C68H129N2O7P/c1-7-10-13-16-19-22-25-28-30-32-33-34-35-36-37-38-40-43-46-49-52-55-58-61-68(72)77-66(59-56-53-50-47-44-41-27-24-21-18-15-12-9-3)65(64-76-78(73,74)75-63-62-70(4,5)6)69-67(71)60-57-54-51-48-45-42-39-31-29-26-23-20-17-14-11-8-2/h19,22,28,30,33-34,56,59,65-66H,7-18,20-21,23-27,29,31-32,35-55,57-58,60-64H2,1-6H3,(H-,69,71,73,74)/b22-19-,30-28-,34-33-,59-56+. The minimum absolute atomic E-state index is 0.0212. The Kier molecular flexibility index (Phi) is 56.7. The van der Waals surface area contributed by atoms with E-state index in [4.69, 9.17) is 13.8 Å². The molecule has 0 aliphatic rings. The molecule has 78 heavy (non-hydrogen) atoms. The van der Waals surface area contributed by atoms with Crippen molar-refractivity contribution in [2.24, 2.45) is 0 Å². The number of ether oxygens (including phenoxy) is 1. The van der Waals surface area contributed by atoms with Gasteiger partial charge in [0.2, 0.25) is 5.91 Å². The molecule has 1 amide bonds. The Bertz CT molecular complexity index is 1470. The van der Waals surface area contributed by atoms with Gasteiger partial charge in [-0.1, -0.05) is 288 Å². The smallest absolute Gasteiger partial charge is 0.306 e. The first-order valence-corrected chi connectivity index (χ1v) is 34.9. The van der Waals surface area contributed by atoms with Crippen LogP contribution in [0.5, 0.6) is 0 Å². The molecule has 0 heterocycles. The van der Waals surface area contributed by atoms with Gasteiger partial charge in [-0.3, -0.25) is 14.2 Å². The number of unbranched alkanes of at least 4 members (excludes halogenated alkanes) is 39. The molecule has 0 radical (unpaired) electrons.